The zero-order valence-electron chi connectivity index (χ0n) is 11.7. The molecule has 6 heteroatoms. The van der Waals surface area contributed by atoms with E-state index in [-0.39, 0.29) is 24.3 Å². The van der Waals surface area contributed by atoms with E-state index in [1.165, 1.54) is 7.11 Å². The molecular formula is C14H19NO4S. The normalized spacial score (nSPS) is 20.1. The molecule has 0 aliphatic carbocycles. The predicted octanol–water partition coefficient (Wildman–Crippen LogP) is 1.53. The zero-order chi connectivity index (χ0) is 14.8. The van der Waals surface area contributed by atoms with Crippen LogP contribution in [-0.4, -0.2) is 38.5 Å². The Balaban J connectivity index is 2.30. The average molecular weight is 297 g/mol. The molecule has 0 atom stereocenters. The Kier molecular flexibility index (Phi) is 4.04. The largest absolute Gasteiger partial charge is 0.467 e. The molecule has 1 N–H and O–H groups in total. The van der Waals surface area contributed by atoms with Crippen molar-refractivity contribution in [1.29, 1.82) is 0 Å². The molecule has 1 aromatic rings. The molecule has 0 bridgehead atoms. The molecule has 1 heterocycles. The maximum Gasteiger partial charge on any atom is 0.331 e. The van der Waals surface area contributed by atoms with Crippen molar-refractivity contribution in [3.05, 3.63) is 29.8 Å². The van der Waals surface area contributed by atoms with E-state index in [4.69, 9.17) is 4.74 Å². The number of hydrogen-bond acceptors (Lipinski definition) is 5. The van der Waals surface area contributed by atoms with Crippen LogP contribution in [-0.2, 0) is 19.4 Å². The Morgan fingerprint density at radius 2 is 1.85 bits per heavy atom. The molecule has 5 nitrogen and oxygen atoms in total. The third-order valence-corrected chi connectivity index (χ3v) is 5.43. The minimum absolute atomic E-state index is 0.000973. The summed E-state index contributed by atoms with van der Waals surface area (Å²) >= 11 is 0. The number of benzene rings is 1. The number of anilines is 1. The van der Waals surface area contributed by atoms with Gasteiger partial charge < -0.3 is 10.1 Å². The highest BCUT2D eigenvalue weighted by atomic mass is 32.2. The lowest BCUT2D eigenvalue weighted by atomic mass is 9.91. The van der Waals surface area contributed by atoms with Crippen LogP contribution in [0.3, 0.4) is 0 Å². The second-order valence-corrected chi connectivity index (χ2v) is 7.47. The standard InChI is InChI=1S/C14H19NO4S/c1-11-5-3-4-6-12(11)15-14(13(16)19-2)7-9-20(17,18)10-8-14/h3-6,15H,7-10H2,1-2H3. The van der Waals surface area contributed by atoms with Crippen molar-refractivity contribution < 1.29 is 17.9 Å². The minimum atomic E-state index is -3.05. The molecule has 1 fully saturated rings. The Hall–Kier alpha value is -1.56. The summed E-state index contributed by atoms with van der Waals surface area (Å²) in [4.78, 5) is 12.1. The van der Waals surface area contributed by atoms with Crippen LogP contribution in [0.1, 0.15) is 18.4 Å². The molecule has 1 aliphatic heterocycles. The van der Waals surface area contributed by atoms with E-state index >= 15 is 0 Å². The van der Waals surface area contributed by atoms with Gasteiger partial charge in [-0.3, -0.25) is 0 Å². The first-order valence-electron chi connectivity index (χ1n) is 6.51. The molecule has 0 aromatic heterocycles. The number of carbonyl (C=O) groups is 1. The highest BCUT2D eigenvalue weighted by Crippen LogP contribution is 2.30. The fourth-order valence-corrected chi connectivity index (χ4v) is 3.96. The highest BCUT2D eigenvalue weighted by molar-refractivity contribution is 7.91. The summed E-state index contributed by atoms with van der Waals surface area (Å²) in [6, 6.07) is 7.60. The van der Waals surface area contributed by atoms with Crippen molar-refractivity contribution >= 4 is 21.5 Å². The summed E-state index contributed by atoms with van der Waals surface area (Å²) < 4.78 is 28.1. The number of ether oxygens (including phenoxy) is 1. The second kappa shape index (κ2) is 5.44. The fourth-order valence-electron chi connectivity index (χ4n) is 2.43. The maximum atomic E-state index is 12.1. The van der Waals surface area contributed by atoms with E-state index < -0.39 is 21.3 Å². The monoisotopic (exact) mass is 297 g/mol. The van der Waals surface area contributed by atoms with Crippen molar-refractivity contribution in [3.63, 3.8) is 0 Å². The van der Waals surface area contributed by atoms with Crippen molar-refractivity contribution in [2.24, 2.45) is 0 Å². The molecule has 20 heavy (non-hydrogen) atoms. The average Bonchev–Trinajstić information content (AvgIpc) is 2.43. The topological polar surface area (TPSA) is 72.5 Å². The molecule has 1 saturated heterocycles. The molecule has 0 saturated carbocycles. The van der Waals surface area contributed by atoms with E-state index in [2.05, 4.69) is 5.32 Å². The Labute approximate surface area is 119 Å². The molecule has 1 aliphatic rings. The van der Waals surface area contributed by atoms with Crippen LogP contribution in [0.4, 0.5) is 5.69 Å². The predicted molar refractivity (Wildman–Crippen MR) is 77.4 cm³/mol. The van der Waals surface area contributed by atoms with Gasteiger partial charge in [0.1, 0.15) is 5.54 Å². The van der Waals surface area contributed by atoms with Gasteiger partial charge in [0.15, 0.2) is 9.84 Å². The molecule has 1 aromatic carbocycles. The summed E-state index contributed by atoms with van der Waals surface area (Å²) in [6.07, 6.45) is 0.465. The lowest BCUT2D eigenvalue weighted by Crippen LogP contribution is -2.52. The van der Waals surface area contributed by atoms with E-state index in [1.807, 2.05) is 31.2 Å². The van der Waals surface area contributed by atoms with E-state index in [1.54, 1.807) is 0 Å². The first kappa shape index (κ1) is 14.8. The highest BCUT2D eigenvalue weighted by Gasteiger charge is 2.44. The smallest absolute Gasteiger partial charge is 0.331 e. The molecule has 0 amide bonds. The van der Waals surface area contributed by atoms with Gasteiger partial charge in [-0.2, -0.15) is 0 Å². The number of esters is 1. The second-order valence-electron chi connectivity index (χ2n) is 5.17. The molecule has 2 rings (SSSR count). The van der Waals surface area contributed by atoms with Gasteiger partial charge in [0.25, 0.3) is 0 Å². The molecular weight excluding hydrogens is 278 g/mol. The maximum absolute atomic E-state index is 12.1. The van der Waals surface area contributed by atoms with Gasteiger partial charge in [0, 0.05) is 5.69 Å². The number of carbonyl (C=O) groups excluding carboxylic acids is 1. The number of sulfone groups is 1. The number of methoxy groups -OCH3 is 1. The van der Waals surface area contributed by atoms with Gasteiger partial charge in [-0.15, -0.1) is 0 Å². The number of hydrogen-bond donors (Lipinski definition) is 1. The molecule has 0 unspecified atom stereocenters. The number of para-hydroxylation sites is 1. The van der Waals surface area contributed by atoms with Gasteiger partial charge in [-0.1, -0.05) is 18.2 Å². The van der Waals surface area contributed by atoms with Crippen molar-refractivity contribution in [2.45, 2.75) is 25.3 Å². The van der Waals surface area contributed by atoms with Crippen molar-refractivity contribution in [2.75, 3.05) is 23.9 Å². The van der Waals surface area contributed by atoms with Crippen LogP contribution >= 0.6 is 0 Å². The minimum Gasteiger partial charge on any atom is -0.467 e. The van der Waals surface area contributed by atoms with E-state index in [0.717, 1.165) is 11.3 Å². The van der Waals surface area contributed by atoms with Gasteiger partial charge >= 0.3 is 5.97 Å². The van der Waals surface area contributed by atoms with Crippen molar-refractivity contribution in [3.8, 4) is 0 Å². The third kappa shape index (κ3) is 2.95. The number of aryl methyl sites for hydroxylation is 1. The van der Waals surface area contributed by atoms with Crippen LogP contribution in [0, 0.1) is 6.92 Å². The Morgan fingerprint density at radius 3 is 2.40 bits per heavy atom. The van der Waals surface area contributed by atoms with Crippen LogP contribution in [0.2, 0.25) is 0 Å². The molecule has 110 valence electrons. The summed E-state index contributed by atoms with van der Waals surface area (Å²) in [5.41, 5.74) is 0.882. The van der Waals surface area contributed by atoms with Gasteiger partial charge in [-0.25, -0.2) is 13.2 Å². The molecule has 0 spiro atoms. The van der Waals surface area contributed by atoms with Crippen LogP contribution in [0.15, 0.2) is 24.3 Å². The molecule has 0 radical (unpaired) electrons. The summed E-state index contributed by atoms with van der Waals surface area (Å²) in [5.74, 6) is -0.405. The van der Waals surface area contributed by atoms with Crippen LogP contribution in [0.5, 0.6) is 0 Å². The SMILES string of the molecule is COC(=O)C1(Nc2ccccc2C)CCS(=O)(=O)CC1. The number of rotatable bonds is 3. The van der Waals surface area contributed by atoms with Gasteiger partial charge in [0.2, 0.25) is 0 Å². The van der Waals surface area contributed by atoms with Gasteiger partial charge in [-0.05, 0) is 31.4 Å². The lowest BCUT2D eigenvalue weighted by Gasteiger charge is -2.36. The summed E-state index contributed by atoms with van der Waals surface area (Å²) in [6.45, 7) is 1.94. The van der Waals surface area contributed by atoms with E-state index in [9.17, 15) is 13.2 Å². The lowest BCUT2D eigenvalue weighted by molar-refractivity contribution is -0.146. The van der Waals surface area contributed by atoms with Crippen LogP contribution < -0.4 is 5.32 Å². The van der Waals surface area contributed by atoms with Crippen molar-refractivity contribution in [1.82, 2.24) is 0 Å². The first-order chi connectivity index (χ1) is 9.38. The first-order valence-corrected chi connectivity index (χ1v) is 8.33. The van der Waals surface area contributed by atoms with Crippen LogP contribution in [0.25, 0.3) is 0 Å². The third-order valence-electron chi connectivity index (χ3n) is 3.77. The quantitative estimate of drug-likeness (QED) is 0.857. The van der Waals surface area contributed by atoms with E-state index in [0.29, 0.717) is 0 Å². The Bertz CT molecular complexity index is 595. The summed E-state index contributed by atoms with van der Waals surface area (Å²) in [7, 11) is -1.72. The zero-order valence-corrected chi connectivity index (χ0v) is 12.5. The number of nitrogens with one attached hydrogen (secondary N) is 1. The van der Waals surface area contributed by atoms with Gasteiger partial charge in [0.05, 0.1) is 18.6 Å². The summed E-state index contributed by atoms with van der Waals surface area (Å²) in [5, 5.41) is 3.21. The fraction of sp³-hybridized carbons (Fsp3) is 0.500. The Morgan fingerprint density at radius 1 is 1.25 bits per heavy atom.